The number of nitrogens with zero attached hydrogens (tertiary/aromatic N) is 2. The number of nitrogens with one attached hydrogen (secondary N) is 1. The summed E-state index contributed by atoms with van der Waals surface area (Å²) < 4.78 is 10.9. The van der Waals surface area contributed by atoms with Gasteiger partial charge in [0.2, 0.25) is 0 Å². The highest BCUT2D eigenvalue weighted by Gasteiger charge is 2.24. The van der Waals surface area contributed by atoms with Crippen molar-refractivity contribution < 1.29 is 19.1 Å². The fourth-order valence-electron chi connectivity index (χ4n) is 2.98. The lowest BCUT2D eigenvalue weighted by Gasteiger charge is -2.26. The second-order valence-electron chi connectivity index (χ2n) is 7.79. The maximum atomic E-state index is 12.7. The highest BCUT2D eigenvalue weighted by molar-refractivity contribution is 5.96. The second-order valence-corrected chi connectivity index (χ2v) is 7.79. The van der Waals surface area contributed by atoms with Gasteiger partial charge < -0.3 is 14.8 Å². The highest BCUT2D eigenvalue weighted by atomic mass is 16.6. The normalized spacial score (nSPS) is 18.7. The maximum Gasteiger partial charge on any atom is 0.408 e. The Bertz CT molecular complexity index is 890. The summed E-state index contributed by atoms with van der Waals surface area (Å²) in [6.07, 6.45) is 9.02. The van der Waals surface area contributed by atoms with Crippen LogP contribution in [0.15, 0.2) is 55.0 Å². The van der Waals surface area contributed by atoms with Gasteiger partial charge in [0.25, 0.3) is 0 Å². The zero-order chi connectivity index (χ0) is 20.9. The summed E-state index contributed by atoms with van der Waals surface area (Å²) in [7, 11) is 0. The molecule has 1 aliphatic rings. The quantitative estimate of drug-likeness (QED) is 0.623. The van der Waals surface area contributed by atoms with Crippen molar-refractivity contribution in [1.29, 1.82) is 0 Å². The number of alkyl carbamates (subject to hydrolysis) is 1. The molecule has 1 amide bonds. The Hall–Kier alpha value is -3.22. The number of hydrogen-bond acceptors (Lipinski definition) is 6. The Morgan fingerprint density at radius 2 is 1.83 bits per heavy atom. The summed E-state index contributed by atoms with van der Waals surface area (Å²) in [6.45, 7) is 5.45. The van der Waals surface area contributed by atoms with Gasteiger partial charge in [-0.1, -0.05) is 6.08 Å². The molecule has 0 aromatic carbocycles. The van der Waals surface area contributed by atoms with Crippen molar-refractivity contribution >= 4 is 12.1 Å². The van der Waals surface area contributed by atoms with Gasteiger partial charge >= 0.3 is 12.1 Å². The van der Waals surface area contributed by atoms with E-state index in [1.807, 2.05) is 26.8 Å². The van der Waals surface area contributed by atoms with E-state index in [0.29, 0.717) is 24.1 Å². The number of rotatable bonds is 4. The van der Waals surface area contributed by atoms with Crippen molar-refractivity contribution in [2.45, 2.75) is 51.4 Å². The van der Waals surface area contributed by atoms with Crippen LogP contribution in [0.1, 0.15) is 44.0 Å². The first kappa shape index (κ1) is 20.5. The molecule has 1 aliphatic carbocycles. The first-order valence-electron chi connectivity index (χ1n) is 9.56. The second kappa shape index (κ2) is 8.86. The van der Waals surface area contributed by atoms with Gasteiger partial charge in [0.15, 0.2) is 0 Å². The lowest BCUT2D eigenvalue weighted by Crippen LogP contribution is -2.40. The molecule has 3 rings (SSSR count). The largest absolute Gasteiger partial charge is 0.454 e. The average molecular weight is 395 g/mol. The Morgan fingerprint density at radius 1 is 1.07 bits per heavy atom. The van der Waals surface area contributed by atoms with Crippen LogP contribution in [0.2, 0.25) is 0 Å². The third-order valence-corrected chi connectivity index (χ3v) is 4.26. The molecule has 7 nitrogen and oxygen atoms in total. The van der Waals surface area contributed by atoms with E-state index in [4.69, 9.17) is 9.47 Å². The monoisotopic (exact) mass is 395 g/mol. The van der Waals surface area contributed by atoms with E-state index >= 15 is 0 Å². The molecule has 2 heterocycles. The summed E-state index contributed by atoms with van der Waals surface area (Å²) in [5.41, 5.74) is 1.22. The Kier molecular flexibility index (Phi) is 6.26. The molecule has 2 atom stereocenters. The number of esters is 1. The Morgan fingerprint density at radius 3 is 2.48 bits per heavy atom. The molecule has 0 saturated carbocycles. The van der Waals surface area contributed by atoms with Crippen molar-refractivity contribution in [3.8, 4) is 11.3 Å². The van der Waals surface area contributed by atoms with Crippen molar-refractivity contribution in [3.05, 3.63) is 60.6 Å². The number of carbonyl (C=O) groups is 2. The van der Waals surface area contributed by atoms with Crippen LogP contribution in [-0.4, -0.2) is 39.8 Å². The van der Waals surface area contributed by atoms with Gasteiger partial charge in [-0.05, 0) is 64.0 Å². The zero-order valence-corrected chi connectivity index (χ0v) is 16.8. The van der Waals surface area contributed by atoms with Crippen LogP contribution in [-0.2, 0) is 9.47 Å². The third-order valence-electron chi connectivity index (χ3n) is 4.26. The number of ether oxygens (including phenoxy) is 2. The van der Waals surface area contributed by atoms with E-state index in [1.54, 1.807) is 48.9 Å². The van der Waals surface area contributed by atoms with Gasteiger partial charge in [0, 0.05) is 24.2 Å². The molecule has 29 heavy (non-hydrogen) atoms. The molecular weight excluding hydrogens is 370 g/mol. The van der Waals surface area contributed by atoms with E-state index in [9.17, 15) is 9.59 Å². The third kappa shape index (κ3) is 5.88. The van der Waals surface area contributed by atoms with Gasteiger partial charge in [0.1, 0.15) is 11.7 Å². The molecule has 152 valence electrons. The van der Waals surface area contributed by atoms with Crippen LogP contribution in [0.4, 0.5) is 4.79 Å². The number of carbonyl (C=O) groups excluding carboxylic acids is 2. The predicted octanol–water partition coefficient (Wildman–Crippen LogP) is 3.91. The SMILES string of the molecule is CC(C)(C)OC(=O)N[C@H]1C=C[C@@H](OC(=O)c2cccnc2-c2ccncc2)CC1. The summed E-state index contributed by atoms with van der Waals surface area (Å²) in [5, 5.41) is 2.81. The van der Waals surface area contributed by atoms with Crippen molar-refractivity contribution in [2.24, 2.45) is 0 Å². The van der Waals surface area contributed by atoms with Crippen LogP contribution in [0.5, 0.6) is 0 Å². The fraction of sp³-hybridized carbons (Fsp3) is 0.364. The van der Waals surface area contributed by atoms with Crippen molar-refractivity contribution in [3.63, 3.8) is 0 Å². The molecule has 0 saturated heterocycles. The molecule has 0 aliphatic heterocycles. The summed E-state index contributed by atoms with van der Waals surface area (Å²) in [4.78, 5) is 32.9. The number of amides is 1. The molecule has 7 heteroatoms. The van der Waals surface area contributed by atoms with E-state index in [1.165, 1.54) is 0 Å². The molecule has 0 unspecified atom stereocenters. The van der Waals surface area contributed by atoms with Crippen LogP contribution in [0.25, 0.3) is 11.3 Å². The Labute approximate surface area is 170 Å². The molecule has 2 aromatic rings. The highest BCUT2D eigenvalue weighted by Crippen LogP contribution is 2.23. The van der Waals surface area contributed by atoms with Crippen molar-refractivity contribution in [1.82, 2.24) is 15.3 Å². The van der Waals surface area contributed by atoms with E-state index in [2.05, 4.69) is 15.3 Å². The Balaban J connectivity index is 1.61. The van der Waals surface area contributed by atoms with Crippen molar-refractivity contribution in [2.75, 3.05) is 0 Å². The molecule has 0 radical (unpaired) electrons. The lowest BCUT2D eigenvalue weighted by molar-refractivity contribution is 0.0349. The van der Waals surface area contributed by atoms with Crippen LogP contribution < -0.4 is 5.32 Å². The van der Waals surface area contributed by atoms with E-state index in [-0.39, 0.29) is 12.1 Å². The summed E-state index contributed by atoms with van der Waals surface area (Å²) in [6, 6.07) is 6.85. The first-order chi connectivity index (χ1) is 13.8. The maximum absolute atomic E-state index is 12.7. The van der Waals surface area contributed by atoms with Gasteiger partial charge in [-0.25, -0.2) is 9.59 Å². The average Bonchev–Trinajstić information content (AvgIpc) is 2.68. The minimum atomic E-state index is -0.545. The lowest BCUT2D eigenvalue weighted by atomic mass is 10.0. The molecule has 0 spiro atoms. The molecule has 0 bridgehead atoms. The number of hydrogen-bond donors (Lipinski definition) is 1. The molecule has 0 fully saturated rings. The minimum Gasteiger partial charge on any atom is -0.454 e. The number of pyridine rings is 2. The smallest absolute Gasteiger partial charge is 0.408 e. The first-order valence-corrected chi connectivity index (χ1v) is 9.56. The van der Waals surface area contributed by atoms with Gasteiger partial charge in [-0.2, -0.15) is 0 Å². The van der Waals surface area contributed by atoms with E-state index in [0.717, 1.165) is 5.56 Å². The zero-order valence-electron chi connectivity index (χ0n) is 16.8. The minimum absolute atomic E-state index is 0.148. The fourth-order valence-corrected chi connectivity index (χ4v) is 2.98. The molecule has 1 N–H and O–H groups in total. The van der Waals surface area contributed by atoms with Gasteiger partial charge in [-0.15, -0.1) is 0 Å². The van der Waals surface area contributed by atoms with Crippen LogP contribution in [0, 0.1) is 0 Å². The van der Waals surface area contributed by atoms with Gasteiger partial charge in [0.05, 0.1) is 17.3 Å². The van der Waals surface area contributed by atoms with Crippen LogP contribution in [0.3, 0.4) is 0 Å². The summed E-state index contributed by atoms with van der Waals surface area (Å²) >= 11 is 0. The number of aromatic nitrogens is 2. The topological polar surface area (TPSA) is 90.4 Å². The van der Waals surface area contributed by atoms with E-state index < -0.39 is 17.7 Å². The molecular formula is C22H25N3O4. The standard InChI is InChI=1S/C22H25N3O4/c1-22(2,3)29-21(27)25-16-6-8-17(9-7-16)28-20(26)18-5-4-12-24-19(18)15-10-13-23-14-11-15/h4-6,8,10-14,16-17H,7,9H2,1-3H3,(H,25,27)/t16-,17+/m0/s1. The molecule has 2 aromatic heterocycles. The van der Waals surface area contributed by atoms with Gasteiger partial charge in [-0.3, -0.25) is 9.97 Å². The summed E-state index contributed by atoms with van der Waals surface area (Å²) in [5.74, 6) is -0.432. The van der Waals surface area contributed by atoms with Crippen LogP contribution >= 0.6 is 0 Å². The predicted molar refractivity (Wildman–Crippen MR) is 108 cm³/mol.